The minimum Gasteiger partial charge on any atom is -0.442 e. The molecule has 2 atom stereocenters. The second-order valence-corrected chi connectivity index (χ2v) is 10.1. The number of oxazole rings is 1. The van der Waals surface area contributed by atoms with Crippen molar-refractivity contribution in [1.29, 1.82) is 0 Å². The second-order valence-electron chi connectivity index (χ2n) is 10.1. The highest BCUT2D eigenvalue weighted by molar-refractivity contribution is 5.87. The molecule has 3 aliphatic heterocycles. The lowest BCUT2D eigenvalue weighted by Crippen LogP contribution is -2.50. The van der Waals surface area contributed by atoms with Gasteiger partial charge in [0.1, 0.15) is 11.5 Å². The number of nitrogens with two attached hydrogens (primary N) is 1. The molecule has 11 heteroatoms. The zero-order valence-electron chi connectivity index (χ0n) is 20.2. The lowest BCUT2D eigenvalue weighted by atomic mass is 9.73. The molecule has 0 aromatic carbocycles. The van der Waals surface area contributed by atoms with E-state index in [1.807, 2.05) is 12.3 Å². The maximum Gasteiger partial charge on any atom is 0.183 e. The van der Waals surface area contributed by atoms with Crippen LogP contribution in [0.1, 0.15) is 31.9 Å². The molecule has 2 saturated heterocycles. The zero-order valence-corrected chi connectivity index (χ0v) is 20.2. The van der Waals surface area contributed by atoms with E-state index in [4.69, 9.17) is 29.8 Å². The topological polar surface area (TPSA) is 135 Å². The molecule has 0 amide bonds. The summed E-state index contributed by atoms with van der Waals surface area (Å²) in [5.74, 6) is 2.31. The number of H-pyrrole nitrogens is 1. The molecule has 11 nitrogen and oxygen atoms in total. The van der Waals surface area contributed by atoms with Gasteiger partial charge in [-0.1, -0.05) is 0 Å². The van der Waals surface area contributed by atoms with E-state index in [-0.39, 0.29) is 17.6 Å². The van der Waals surface area contributed by atoms with E-state index < -0.39 is 0 Å². The van der Waals surface area contributed by atoms with Gasteiger partial charge in [0.25, 0.3) is 0 Å². The standard InChI is InChI=1S/C25H29N9O2/c1-15-22(26)25(13-35-15)6-9-33(10-7-25)20-12-28-21-23(30-20)31-32-24(21)34-8-2-3-16-18(34)5-4-17(29-16)19-11-27-14-36-19/h4-5,11-12,14-15,22H,2-3,6-10,13,26H2,1H3,(H,30,31,32)/t15-,22+/m0/s1. The van der Waals surface area contributed by atoms with E-state index >= 15 is 0 Å². The number of aromatic nitrogens is 6. The zero-order chi connectivity index (χ0) is 24.3. The van der Waals surface area contributed by atoms with Crippen LogP contribution in [0.25, 0.3) is 22.6 Å². The first-order chi connectivity index (χ1) is 17.6. The number of aromatic amines is 1. The first kappa shape index (κ1) is 21.7. The number of fused-ring (bicyclic) bond motifs is 2. The Hall–Kier alpha value is -3.57. The number of aryl methyl sites for hydroxylation is 1. The van der Waals surface area contributed by atoms with E-state index in [9.17, 15) is 0 Å². The summed E-state index contributed by atoms with van der Waals surface area (Å²) in [6.07, 6.45) is 8.97. The van der Waals surface area contributed by atoms with Gasteiger partial charge in [0.2, 0.25) is 0 Å². The van der Waals surface area contributed by atoms with Gasteiger partial charge in [-0.05, 0) is 44.7 Å². The van der Waals surface area contributed by atoms with Crippen LogP contribution in [0, 0.1) is 5.41 Å². The summed E-state index contributed by atoms with van der Waals surface area (Å²) in [6.45, 7) is 5.46. The van der Waals surface area contributed by atoms with E-state index in [0.717, 1.165) is 86.2 Å². The maximum atomic E-state index is 6.49. The van der Waals surface area contributed by atoms with E-state index in [2.05, 4.69) is 38.0 Å². The lowest BCUT2D eigenvalue weighted by Gasteiger charge is -2.41. The Balaban J connectivity index is 1.14. The predicted molar refractivity (Wildman–Crippen MR) is 134 cm³/mol. The molecule has 4 aromatic heterocycles. The van der Waals surface area contributed by atoms with Crippen LogP contribution in [0.15, 0.2) is 35.3 Å². The molecule has 0 saturated carbocycles. The smallest absolute Gasteiger partial charge is 0.183 e. The number of anilines is 3. The molecule has 2 fully saturated rings. The molecule has 0 bridgehead atoms. The van der Waals surface area contributed by atoms with Crippen molar-refractivity contribution >= 4 is 28.5 Å². The number of pyridine rings is 1. The lowest BCUT2D eigenvalue weighted by molar-refractivity contribution is 0.0974. The summed E-state index contributed by atoms with van der Waals surface area (Å²) in [5, 5.41) is 7.74. The van der Waals surface area contributed by atoms with Crippen LogP contribution in [0.3, 0.4) is 0 Å². The Kier molecular flexibility index (Phi) is 4.97. The number of nitrogens with one attached hydrogen (secondary N) is 1. The van der Waals surface area contributed by atoms with Crippen LogP contribution < -0.4 is 15.5 Å². The molecule has 0 radical (unpaired) electrons. The number of piperidine rings is 1. The maximum absolute atomic E-state index is 6.49. The van der Waals surface area contributed by atoms with Gasteiger partial charge in [-0.25, -0.2) is 19.9 Å². The summed E-state index contributed by atoms with van der Waals surface area (Å²) in [6, 6.07) is 4.13. The quantitative estimate of drug-likeness (QED) is 0.444. The molecule has 0 unspecified atom stereocenters. The van der Waals surface area contributed by atoms with Crippen molar-refractivity contribution in [3.8, 4) is 11.5 Å². The number of hydrogen-bond donors (Lipinski definition) is 2. The SMILES string of the molecule is C[C@@H]1OCC2(CCN(c3cnc4c(N5CCCc6nc(-c7cnco7)ccc65)n[nH]c4n3)CC2)[C@@H]1N. The molecule has 4 aromatic rings. The Bertz CT molecular complexity index is 1390. The average Bonchev–Trinajstić information content (AvgIpc) is 3.66. The van der Waals surface area contributed by atoms with Crippen LogP contribution in [-0.2, 0) is 11.2 Å². The highest BCUT2D eigenvalue weighted by atomic mass is 16.5. The molecule has 7 heterocycles. The van der Waals surface area contributed by atoms with Crippen LogP contribution >= 0.6 is 0 Å². The van der Waals surface area contributed by atoms with E-state index in [1.54, 1.807) is 6.20 Å². The monoisotopic (exact) mass is 487 g/mol. The van der Waals surface area contributed by atoms with Gasteiger partial charge in [-0.15, -0.1) is 0 Å². The fraction of sp³-hybridized carbons (Fsp3) is 0.480. The first-order valence-corrected chi connectivity index (χ1v) is 12.6. The molecule has 7 rings (SSSR count). The summed E-state index contributed by atoms with van der Waals surface area (Å²) in [7, 11) is 0. The van der Waals surface area contributed by atoms with Gasteiger partial charge in [0.15, 0.2) is 29.1 Å². The molecule has 3 N–H and O–H groups in total. The van der Waals surface area contributed by atoms with E-state index in [1.165, 1.54) is 6.39 Å². The molecule has 0 aliphatic carbocycles. The van der Waals surface area contributed by atoms with Crippen molar-refractivity contribution in [3.05, 3.63) is 36.6 Å². The third-order valence-electron chi connectivity index (χ3n) is 8.15. The Morgan fingerprint density at radius 1 is 1.14 bits per heavy atom. The van der Waals surface area contributed by atoms with Gasteiger partial charge in [0, 0.05) is 31.1 Å². The van der Waals surface area contributed by atoms with Crippen molar-refractivity contribution in [2.45, 2.75) is 44.8 Å². The van der Waals surface area contributed by atoms with Crippen molar-refractivity contribution in [1.82, 2.24) is 30.1 Å². The van der Waals surface area contributed by atoms with Gasteiger partial charge >= 0.3 is 0 Å². The summed E-state index contributed by atoms with van der Waals surface area (Å²) in [4.78, 5) is 23.0. The average molecular weight is 488 g/mol. The number of nitrogens with zero attached hydrogens (tertiary/aromatic N) is 7. The van der Waals surface area contributed by atoms with Crippen molar-refractivity contribution < 1.29 is 9.15 Å². The van der Waals surface area contributed by atoms with Crippen LogP contribution in [-0.4, -0.2) is 68.5 Å². The molecular formula is C25H29N9O2. The second kappa shape index (κ2) is 8.24. The van der Waals surface area contributed by atoms with Crippen LogP contribution in [0.2, 0.25) is 0 Å². The summed E-state index contributed by atoms with van der Waals surface area (Å²) >= 11 is 0. The molecular weight excluding hydrogens is 458 g/mol. The van der Waals surface area contributed by atoms with Crippen LogP contribution in [0.5, 0.6) is 0 Å². The number of ether oxygens (including phenoxy) is 1. The Morgan fingerprint density at radius 3 is 2.81 bits per heavy atom. The molecule has 36 heavy (non-hydrogen) atoms. The largest absolute Gasteiger partial charge is 0.442 e. The fourth-order valence-electron chi connectivity index (χ4n) is 5.92. The minimum atomic E-state index is 0.0810. The van der Waals surface area contributed by atoms with Crippen molar-refractivity contribution in [3.63, 3.8) is 0 Å². The molecule has 186 valence electrons. The molecule has 1 spiro atoms. The number of hydrogen-bond acceptors (Lipinski definition) is 10. The molecule has 3 aliphatic rings. The van der Waals surface area contributed by atoms with Crippen molar-refractivity contribution in [2.24, 2.45) is 11.1 Å². The van der Waals surface area contributed by atoms with E-state index in [0.29, 0.717) is 11.4 Å². The Labute approximate surface area is 208 Å². The van der Waals surface area contributed by atoms with Gasteiger partial charge in [-0.2, -0.15) is 5.10 Å². The summed E-state index contributed by atoms with van der Waals surface area (Å²) in [5.41, 5.74) is 10.9. The van der Waals surface area contributed by atoms with Crippen LogP contribution in [0.4, 0.5) is 17.3 Å². The highest BCUT2D eigenvalue weighted by Gasteiger charge is 2.47. The summed E-state index contributed by atoms with van der Waals surface area (Å²) < 4.78 is 11.3. The third-order valence-corrected chi connectivity index (χ3v) is 8.15. The highest BCUT2D eigenvalue weighted by Crippen LogP contribution is 2.42. The fourth-order valence-corrected chi connectivity index (χ4v) is 5.92. The number of rotatable bonds is 3. The predicted octanol–water partition coefficient (Wildman–Crippen LogP) is 2.82. The van der Waals surface area contributed by atoms with Gasteiger partial charge < -0.3 is 24.7 Å². The third kappa shape index (κ3) is 3.37. The Morgan fingerprint density at radius 2 is 2.03 bits per heavy atom. The first-order valence-electron chi connectivity index (χ1n) is 12.6. The minimum absolute atomic E-state index is 0.0810. The van der Waals surface area contributed by atoms with Crippen molar-refractivity contribution in [2.75, 3.05) is 36.0 Å². The van der Waals surface area contributed by atoms with Gasteiger partial charge in [0.05, 0.1) is 36.5 Å². The normalized spacial score (nSPS) is 23.5. The van der Waals surface area contributed by atoms with Gasteiger partial charge in [-0.3, -0.25) is 5.10 Å².